The first-order chi connectivity index (χ1) is 10.4. The van der Waals surface area contributed by atoms with E-state index in [1.165, 1.54) is 0 Å². The van der Waals surface area contributed by atoms with Crippen LogP contribution in [0.5, 0.6) is 0 Å². The molecule has 0 aliphatic rings. The Labute approximate surface area is 130 Å². The second-order valence-electron chi connectivity index (χ2n) is 6.34. The Morgan fingerprint density at radius 3 is 2.82 bits per heavy atom. The lowest BCUT2D eigenvalue weighted by Crippen LogP contribution is -2.46. The van der Waals surface area contributed by atoms with Gasteiger partial charge in [-0.05, 0) is 23.6 Å². The molecule has 1 amide bonds. The Morgan fingerprint density at radius 1 is 1.45 bits per heavy atom. The van der Waals surface area contributed by atoms with E-state index in [0.717, 1.165) is 0 Å². The van der Waals surface area contributed by atoms with Crippen molar-refractivity contribution in [2.45, 2.75) is 33.4 Å². The van der Waals surface area contributed by atoms with Gasteiger partial charge in [0.05, 0.1) is 24.0 Å². The van der Waals surface area contributed by atoms with E-state index in [4.69, 9.17) is 5.26 Å². The zero-order valence-corrected chi connectivity index (χ0v) is 13.1. The highest BCUT2D eigenvalue weighted by Gasteiger charge is 2.27. The Morgan fingerprint density at radius 2 is 2.23 bits per heavy atom. The quantitative estimate of drug-likeness (QED) is 0.942. The lowest BCUT2D eigenvalue weighted by atomic mass is 9.86. The standard InChI is InChI=1S/C17H20N4O/c1-17(2,3)15(11-21-8-7-19-12-21)20-16(22)14-6-4-5-13(9-14)10-18/h4-9,12,15H,11H2,1-3H3,(H,20,22). The summed E-state index contributed by atoms with van der Waals surface area (Å²) in [7, 11) is 0. The predicted molar refractivity (Wildman–Crippen MR) is 84.1 cm³/mol. The summed E-state index contributed by atoms with van der Waals surface area (Å²) in [5, 5.41) is 12.0. The number of carbonyl (C=O) groups is 1. The maximum Gasteiger partial charge on any atom is 0.251 e. The molecule has 0 bridgehead atoms. The molecule has 0 saturated carbocycles. The number of rotatable bonds is 4. The molecule has 1 heterocycles. The van der Waals surface area contributed by atoms with Crippen LogP contribution < -0.4 is 5.32 Å². The molecule has 0 fully saturated rings. The van der Waals surface area contributed by atoms with Gasteiger partial charge in [0.2, 0.25) is 0 Å². The van der Waals surface area contributed by atoms with Gasteiger partial charge in [0.25, 0.3) is 5.91 Å². The van der Waals surface area contributed by atoms with E-state index < -0.39 is 0 Å². The molecule has 1 aromatic heterocycles. The minimum atomic E-state index is -0.169. The molecule has 2 aromatic rings. The van der Waals surface area contributed by atoms with Crippen molar-refractivity contribution in [2.75, 3.05) is 0 Å². The van der Waals surface area contributed by atoms with Crippen molar-refractivity contribution >= 4 is 5.91 Å². The van der Waals surface area contributed by atoms with Crippen LogP contribution in [0.15, 0.2) is 43.0 Å². The van der Waals surface area contributed by atoms with Crippen LogP contribution in [0.4, 0.5) is 0 Å². The average molecular weight is 296 g/mol. The zero-order chi connectivity index (χ0) is 16.2. The van der Waals surface area contributed by atoms with Gasteiger partial charge in [-0.1, -0.05) is 26.8 Å². The van der Waals surface area contributed by atoms with Gasteiger partial charge in [-0.3, -0.25) is 4.79 Å². The molecular formula is C17H20N4O. The van der Waals surface area contributed by atoms with E-state index in [0.29, 0.717) is 17.7 Å². The number of nitrogens with one attached hydrogen (secondary N) is 1. The fourth-order valence-electron chi connectivity index (χ4n) is 2.11. The molecule has 0 aliphatic carbocycles. The van der Waals surface area contributed by atoms with Gasteiger partial charge in [-0.15, -0.1) is 0 Å². The molecule has 1 aromatic carbocycles. The first-order valence-electron chi connectivity index (χ1n) is 7.17. The first-order valence-corrected chi connectivity index (χ1v) is 7.17. The lowest BCUT2D eigenvalue weighted by Gasteiger charge is -2.31. The second-order valence-corrected chi connectivity index (χ2v) is 6.34. The largest absolute Gasteiger partial charge is 0.347 e. The SMILES string of the molecule is CC(C)(C)C(Cn1ccnc1)NC(=O)c1cccc(C#N)c1. The van der Waals surface area contributed by atoms with Crippen LogP contribution >= 0.6 is 0 Å². The van der Waals surface area contributed by atoms with E-state index in [9.17, 15) is 4.79 Å². The number of nitriles is 1. The number of carbonyl (C=O) groups excluding carboxylic acids is 1. The van der Waals surface area contributed by atoms with Crippen molar-refractivity contribution < 1.29 is 4.79 Å². The van der Waals surface area contributed by atoms with Gasteiger partial charge in [0, 0.05) is 24.5 Å². The Hall–Kier alpha value is -2.61. The van der Waals surface area contributed by atoms with Crippen molar-refractivity contribution in [3.05, 3.63) is 54.1 Å². The van der Waals surface area contributed by atoms with Crippen LogP contribution in [0.25, 0.3) is 0 Å². The van der Waals surface area contributed by atoms with Crippen LogP contribution in [0, 0.1) is 16.7 Å². The minimum Gasteiger partial charge on any atom is -0.347 e. The first kappa shape index (κ1) is 15.8. The minimum absolute atomic E-state index is 0.0556. The summed E-state index contributed by atoms with van der Waals surface area (Å²) in [6.45, 7) is 6.90. The number of amides is 1. The Bertz CT molecular complexity index is 677. The highest BCUT2D eigenvalue weighted by atomic mass is 16.1. The summed E-state index contributed by atoms with van der Waals surface area (Å²) in [5.74, 6) is -0.169. The van der Waals surface area contributed by atoms with Gasteiger partial charge in [0.1, 0.15) is 0 Å². The molecule has 114 valence electrons. The normalized spacial score (nSPS) is 12.5. The third-order valence-corrected chi connectivity index (χ3v) is 3.56. The van der Waals surface area contributed by atoms with Crippen LogP contribution in [0.2, 0.25) is 0 Å². The maximum atomic E-state index is 12.5. The van der Waals surface area contributed by atoms with Gasteiger partial charge < -0.3 is 9.88 Å². The molecule has 1 N–H and O–H groups in total. The van der Waals surface area contributed by atoms with Crippen molar-refractivity contribution in [1.29, 1.82) is 5.26 Å². The summed E-state index contributed by atoms with van der Waals surface area (Å²) in [5.41, 5.74) is 0.876. The fraction of sp³-hybridized carbons (Fsp3) is 0.353. The zero-order valence-electron chi connectivity index (χ0n) is 13.1. The Kier molecular flexibility index (Phi) is 4.62. The molecule has 0 aliphatic heterocycles. The van der Waals surface area contributed by atoms with E-state index in [1.54, 1.807) is 36.8 Å². The van der Waals surface area contributed by atoms with Crippen molar-refractivity contribution in [2.24, 2.45) is 5.41 Å². The third-order valence-electron chi connectivity index (χ3n) is 3.56. The monoisotopic (exact) mass is 296 g/mol. The summed E-state index contributed by atoms with van der Waals surface area (Å²) in [4.78, 5) is 16.5. The second kappa shape index (κ2) is 6.44. The number of nitrogens with zero attached hydrogens (tertiary/aromatic N) is 3. The predicted octanol–water partition coefficient (Wildman–Crippen LogP) is 2.60. The number of benzene rings is 1. The third kappa shape index (κ3) is 3.95. The molecule has 22 heavy (non-hydrogen) atoms. The average Bonchev–Trinajstić information content (AvgIpc) is 2.98. The van der Waals surface area contributed by atoms with Gasteiger partial charge in [0.15, 0.2) is 0 Å². The van der Waals surface area contributed by atoms with Crippen molar-refractivity contribution in [3.63, 3.8) is 0 Å². The van der Waals surface area contributed by atoms with E-state index in [-0.39, 0.29) is 17.4 Å². The van der Waals surface area contributed by atoms with E-state index >= 15 is 0 Å². The van der Waals surface area contributed by atoms with Crippen LogP contribution in [0.3, 0.4) is 0 Å². The summed E-state index contributed by atoms with van der Waals surface area (Å²) in [6.07, 6.45) is 5.33. The molecule has 1 unspecified atom stereocenters. The molecule has 5 nitrogen and oxygen atoms in total. The number of imidazole rings is 1. The van der Waals surface area contributed by atoms with Crippen molar-refractivity contribution in [1.82, 2.24) is 14.9 Å². The van der Waals surface area contributed by atoms with E-state index in [2.05, 4.69) is 31.1 Å². The smallest absolute Gasteiger partial charge is 0.251 e. The highest BCUT2D eigenvalue weighted by molar-refractivity contribution is 5.94. The van der Waals surface area contributed by atoms with E-state index in [1.807, 2.05) is 16.8 Å². The Balaban J connectivity index is 2.16. The molecule has 2 rings (SSSR count). The van der Waals surface area contributed by atoms with Gasteiger partial charge in [-0.2, -0.15) is 5.26 Å². The molecule has 0 saturated heterocycles. The molecule has 0 spiro atoms. The number of hydrogen-bond acceptors (Lipinski definition) is 3. The maximum absolute atomic E-state index is 12.5. The van der Waals surface area contributed by atoms with Crippen LogP contribution in [-0.2, 0) is 6.54 Å². The molecular weight excluding hydrogens is 276 g/mol. The lowest BCUT2D eigenvalue weighted by molar-refractivity contribution is 0.0892. The van der Waals surface area contributed by atoms with Crippen LogP contribution in [-0.4, -0.2) is 21.5 Å². The van der Waals surface area contributed by atoms with Crippen molar-refractivity contribution in [3.8, 4) is 6.07 Å². The van der Waals surface area contributed by atoms with Crippen LogP contribution in [0.1, 0.15) is 36.7 Å². The molecule has 1 atom stereocenters. The summed E-state index contributed by atoms with van der Waals surface area (Å²) < 4.78 is 1.95. The number of hydrogen-bond donors (Lipinski definition) is 1. The molecule has 0 radical (unpaired) electrons. The topological polar surface area (TPSA) is 70.7 Å². The van der Waals surface area contributed by atoms with Gasteiger partial charge >= 0.3 is 0 Å². The van der Waals surface area contributed by atoms with Gasteiger partial charge in [-0.25, -0.2) is 4.98 Å². The fourth-order valence-corrected chi connectivity index (χ4v) is 2.11. The summed E-state index contributed by atoms with van der Waals surface area (Å²) in [6, 6.07) is 8.71. The molecule has 5 heteroatoms. The highest BCUT2D eigenvalue weighted by Crippen LogP contribution is 2.21. The number of aromatic nitrogens is 2. The summed E-state index contributed by atoms with van der Waals surface area (Å²) >= 11 is 0.